The topological polar surface area (TPSA) is 60.5 Å². The van der Waals surface area contributed by atoms with Crippen LogP contribution in [-0.2, 0) is 9.53 Å². The Hall–Kier alpha value is -1.62. The number of amides is 1. The van der Waals surface area contributed by atoms with Crippen molar-refractivity contribution in [2.75, 3.05) is 18.5 Å². The highest BCUT2D eigenvalue weighted by Gasteiger charge is 2.42. The van der Waals surface area contributed by atoms with Crippen molar-refractivity contribution in [2.45, 2.75) is 59.0 Å². The van der Waals surface area contributed by atoms with Crippen LogP contribution in [0.1, 0.15) is 52.0 Å². The number of aromatic nitrogens is 1. The van der Waals surface area contributed by atoms with Crippen LogP contribution in [0, 0.1) is 12.8 Å². The van der Waals surface area contributed by atoms with Gasteiger partial charge in [-0.3, -0.25) is 4.79 Å². The molecule has 0 unspecified atom stereocenters. The molecular formula is C18H28N2O3. The number of hydrogen-bond acceptors (Lipinski definition) is 4. The Kier molecular flexibility index (Phi) is 5.99. The van der Waals surface area contributed by atoms with Gasteiger partial charge in [0, 0.05) is 12.2 Å². The van der Waals surface area contributed by atoms with Crippen molar-refractivity contribution in [3.8, 4) is 5.88 Å². The van der Waals surface area contributed by atoms with Crippen LogP contribution in [0.2, 0.25) is 0 Å². The molecule has 0 aromatic carbocycles. The summed E-state index contributed by atoms with van der Waals surface area (Å²) >= 11 is 0. The van der Waals surface area contributed by atoms with Gasteiger partial charge in [0.25, 0.3) is 5.91 Å². The molecule has 0 bridgehead atoms. The lowest BCUT2D eigenvalue weighted by Crippen LogP contribution is -2.48. The third kappa shape index (κ3) is 4.22. The van der Waals surface area contributed by atoms with Gasteiger partial charge in [0.2, 0.25) is 5.88 Å². The van der Waals surface area contributed by atoms with Crippen molar-refractivity contribution in [2.24, 2.45) is 5.92 Å². The molecule has 128 valence electrons. The van der Waals surface area contributed by atoms with E-state index < -0.39 is 5.60 Å². The van der Waals surface area contributed by atoms with Crippen LogP contribution in [0.15, 0.2) is 12.3 Å². The molecule has 1 aromatic heterocycles. The van der Waals surface area contributed by atoms with Crippen LogP contribution in [0.25, 0.3) is 0 Å². The van der Waals surface area contributed by atoms with Crippen molar-refractivity contribution in [1.29, 1.82) is 0 Å². The first-order valence-corrected chi connectivity index (χ1v) is 8.55. The number of aryl methyl sites for hydroxylation is 1. The molecule has 2 rings (SSSR count). The van der Waals surface area contributed by atoms with Gasteiger partial charge in [-0.25, -0.2) is 4.98 Å². The van der Waals surface area contributed by atoms with Gasteiger partial charge >= 0.3 is 0 Å². The van der Waals surface area contributed by atoms with E-state index in [0.717, 1.165) is 31.2 Å². The van der Waals surface area contributed by atoms with Crippen LogP contribution in [0.3, 0.4) is 0 Å². The van der Waals surface area contributed by atoms with E-state index in [1.165, 1.54) is 0 Å². The average Bonchev–Trinajstić information content (AvgIpc) is 2.50. The molecule has 5 heteroatoms. The van der Waals surface area contributed by atoms with E-state index in [1.807, 2.05) is 26.8 Å². The smallest absolute Gasteiger partial charge is 0.256 e. The molecule has 1 N–H and O–H groups in total. The van der Waals surface area contributed by atoms with E-state index >= 15 is 0 Å². The zero-order valence-corrected chi connectivity index (χ0v) is 14.6. The summed E-state index contributed by atoms with van der Waals surface area (Å²) in [6.45, 7) is 9.09. The Morgan fingerprint density at radius 2 is 2.22 bits per heavy atom. The molecule has 0 spiro atoms. The first kappa shape index (κ1) is 17.7. The highest BCUT2D eigenvalue weighted by Crippen LogP contribution is 2.36. The number of carbonyl (C=O) groups is 1. The lowest BCUT2D eigenvalue weighted by molar-refractivity contribution is -0.147. The molecule has 0 aliphatic heterocycles. The van der Waals surface area contributed by atoms with E-state index in [1.54, 1.807) is 6.20 Å². The van der Waals surface area contributed by atoms with Crippen LogP contribution in [0.4, 0.5) is 5.69 Å². The molecule has 5 nitrogen and oxygen atoms in total. The molecule has 1 aliphatic rings. The standard InChI is InChI=1S/C18H28N2O3/c1-5-22-16-14(4)10-15(12-19-16)20-17(21)18(23-6-2)9-7-8-13(3)11-18/h10,12-13H,5-9,11H2,1-4H3,(H,20,21)/t13-,18-/m1/s1. The highest BCUT2D eigenvalue weighted by molar-refractivity contribution is 5.97. The predicted molar refractivity (Wildman–Crippen MR) is 90.8 cm³/mol. The van der Waals surface area contributed by atoms with E-state index in [-0.39, 0.29) is 5.91 Å². The lowest BCUT2D eigenvalue weighted by Gasteiger charge is -2.38. The number of rotatable bonds is 6. The monoisotopic (exact) mass is 320 g/mol. The van der Waals surface area contributed by atoms with Crippen molar-refractivity contribution >= 4 is 11.6 Å². The molecular weight excluding hydrogens is 292 g/mol. The fraction of sp³-hybridized carbons (Fsp3) is 0.667. The maximum absolute atomic E-state index is 12.9. The van der Waals surface area contributed by atoms with E-state index in [9.17, 15) is 4.79 Å². The summed E-state index contributed by atoms with van der Waals surface area (Å²) in [7, 11) is 0. The number of carbonyl (C=O) groups excluding carboxylic acids is 1. The first-order valence-electron chi connectivity index (χ1n) is 8.55. The van der Waals surface area contributed by atoms with Gasteiger partial charge in [0.15, 0.2) is 0 Å². The first-order chi connectivity index (χ1) is 11.0. The third-order valence-electron chi connectivity index (χ3n) is 4.36. The zero-order valence-electron chi connectivity index (χ0n) is 14.6. The Morgan fingerprint density at radius 3 is 2.83 bits per heavy atom. The van der Waals surface area contributed by atoms with Gasteiger partial charge in [-0.05, 0) is 52.0 Å². The molecule has 0 radical (unpaired) electrons. The summed E-state index contributed by atoms with van der Waals surface area (Å²) in [4.78, 5) is 17.1. The van der Waals surface area contributed by atoms with Crippen LogP contribution in [-0.4, -0.2) is 29.7 Å². The van der Waals surface area contributed by atoms with Crippen molar-refractivity contribution in [1.82, 2.24) is 4.98 Å². The Bertz CT molecular complexity index is 543. The molecule has 2 atom stereocenters. The van der Waals surface area contributed by atoms with Crippen molar-refractivity contribution in [3.05, 3.63) is 17.8 Å². The minimum absolute atomic E-state index is 0.0590. The second-order valence-corrected chi connectivity index (χ2v) is 6.36. The molecule has 0 saturated heterocycles. The summed E-state index contributed by atoms with van der Waals surface area (Å²) in [6.07, 6.45) is 5.37. The second-order valence-electron chi connectivity index (χ2n) is 6.36. The van der Waals surface area contributed by atoms with Crippen LogP contribution in [0.5, 0.6) is 5.88 Å². The van der Waals surface area contributed by atoms with Crippen LogP contribution >= 0.6 is 0 Å². The van der Waals surface area contributed by atoms with Gasteiger partial charge in [-0.2, -0.15) is 0 Å². The molecule has 1 amide bonds. The Labute approximate surface area is 138 Å². The third-order valence-corrected chi connectivity index (χ3v) is 4.36. The number of nitrogens with one attached hydrogen (secondary N) is 1. The van der Waals surface area contributed by atoms with Gasteiger partial charge in [-0.1, -0.05) is 13.3 Å². The molecule has 23 heavy (non-hydrogen) atoms. The number of nitrogens with zero attached hydrogens (tertiary/aromatic N) is 1. The summed E-state index contributed by atoms with van der Waals surface area (Å²) in [5, 5.41) is 2.99. The predicted octanol–water partition coefficient (Wildman–Crippen LogP) is 3.71. The number of anilines is 1. The lowest BCUT2D eigenvalue weighted by atomic mass is 9.78. The summed E-state index contributed by atoms with van der Waals surface area (Å²) in [5.41, 5.74) is 0.888. The van der Waals surface area contributed by atoms with Crippen molar-refractivity contribution < 1.29 is 14.3 Å². The van der Waals surface area contributed by atoms with Gasteiger partial charge in [0.1, 0.15) is 5.60 Å². The quantitative estimate of drug-likeness (QED) is 0.868. The SMILES string of the molecule is CCOc1ncc(NC(=O)[C@@]2(OCC)CCC[C@@H](C)C2)cc1C. The number of pyridine rings is 1. The van der Waals surface area contributed by atoms with Crippen molar-refractivity contribution in [3.63, 3.8) is 0 Å². The normalized spacial score (nSPS) is 24.3. The molecule has 1 saturated carbocycles. The summed E-state index contributed by atoms with van der Waals surface area (Å²) in [5.74, 6) is 1.05. The number of ether oxygens (including phenoxy) is 2. The average molecular weight is 320 g/mol. The maximum atomic E-state index is 12.9. The second kappa shape index (κ2) is 7.77. The zero-order chi connectivity index (χ0) is 16.9. The van der Waals surface area contributed by atoms with Crippen LogP contribution < -0.4 is 10.1 Å². The molecule has 1 aromatic rings. The highest BCUT2D eigenvalue weighted by atomic mass is 16.5. The fourth-order valence-electron chi connectivity index (χ4n) is 3.35. The Balaban J connectivity index is 2.13. The molecule has 1 aliphatic carbocycles. The number of hydrogen-bond donors (Lipinski definition) is 1. The molecule has 1 fully saturated rings. The largest absolute Gasteiger partial charge is 0.478 e. The van der Waals surface area contributed by atoms with Gasteiger partial charge in [0.05, 0.1) is 18.5 Å². The molecule has 1 heterocycles. The minimum Gasteiger partial charge on any atom is -0.478 e. The van der Waals surface area contributed by atoms with Gasteiger partial charge in [-0.15, -0.1) is 0 Å². The summed E-state index contributed by atoms with van der Waals surface area (Å²) < 4.78 is 11.3. The fourth-order valence-corrected chi connectivity index (χ4v) is 3.35. The van der Waals surface area contributed by atoms with E-state index in [2.05, 4.69) is 17.2 Å². The Morgan fingerprint density at radius 1 is 1.43 bits per heavy atom. The maximum Gasteiger partial charge on any atom is 0.256 e. The van der Waals surface area contributed by atoms with E-state index in [4.69, 9.17) is 9.47 Å². The summed E-state index contributed by atoms with van der Waals surface area (Å²) in [6, 6.07) is 1.89. The van der Waals surface area contributed by atoms with E-state index in [0.29, 0.717) is 30.7 Å². The minimum atomic E-state index is -0.709. The van der Waals surface area contributed by atoms with Gasteiger partial charge < -0.3 is 14.8 Å².